The molecule has 0 radical (unpaired) electrons. The van der Waals surface area contributed by atoms with Gasteiger partial charge >= 0.3 is 0 Å². The van der Waals surface area contributed by atoms with E-state index in [-0.39, 0.29) is 17.2 Å². The highest BCUT2D eigenvalue weighted by atomic mass is 16.5. The van der Waals surface area contributed by atoms with Gasteiger partial charge < -0.3 is 15.6 Å². The van der Waals surface area contributed by atoms with Gasteiger partial charge in [0.25, 0.3) is 0 Å². The number of allylic oxidation sites excluding steroid dienone is 1. The van der Waals surface area contributed by atoms with E-state index in [1.54, 1.807) is 18.2 Å². The average molecular weight is 380 g/mol. The number of nitrogens with zero attached hydrogens (tertiary/aromatic N) is 2. The Morgan fingerprint density at radius 3 is 2.69 bits per heavy atom. The number of hydrogen-bond donors (Lipinski definition) is 3. The third-order valence-electron chi connectivity index (χ3n) is 5.20. The summed E-state index contributed by atoms with van der Waals surface area (Å²) >= 11 is 0. The summed E-state index contributed by atoms with van der Waals surface area (Å²) in [5.41, 5.74) is 9.47. The van der Waals surface area contributed by atoms with Crippen LogP contribution < -0.4 is 10.5 Å². The lowest BCUT2D eigenvalue weighted by atomic mass is 9.82. The highest BCUT2D eigenvalue weighted by Gasteiger charge is 2.36. The summed E-state index contributed by atoms with van der Waals surface area (Å²) in [5, 5.41) is 29.4. The summed E-state index contributed by atoms with van der Waals surface area (Å²) in [7, 11) is 0. The number of rotatable bonds is 2. The molecule has 0 fully saturated rings. The topological polar surface area (TPSA) is 108 Å². The van der Waals surface area contributed by atoms with Gasteiger partial charge in [-0.1, -0.05) is 54.6 Å². The van der Waals surface area contributed by atoms with Gasteiger partial charge in [-0.05, 0) is 28.5 Å². The van der Waals surface area contributed by atoms with Gasteiger partial charge in [0.2, 0.25) is 11.8 Å². The van der Waals surface area contributed by atoms with Gasteiger partial charge in [-0.3, -0.25) is 5.10 Å². The number of nitrogens with two attached hydrogens (primary N) is 1. The monoisotopic (exact) mass is 380 g/mol. The largest absolute Gasteiger partial charge is 0.508 e. The lowest BCUT2D eigenvalue weighted by molar-refractivity contribution is 0.378. The van der Waals surface area contributed by atoms with Crippen LogP contribution in [0.25, 0.3) is 22.0 Å². The Hall–Kier alpha value is -4.24. The van der Waals surface area contributed by atoms with Gasteiger partial charge in [0.1, 0.15) is 17.4 Å². The minimum Gasteiger partial charge on any atom is -0.508 e. The smallest absolute Gasteiger partial charge is 0.244 e. The first-order valence-corrected chi connectivity index (χ1v) is 9.10. The highest BCUT2D eigenvalue weighted by molar-refractivity contribution is 5.97. The number of nitrogens with one attached hydrogen (secondary N) is 1. The molecular formula is C23H16N4O2. The van der Waals surface area contributed by atoms with Gasteiger partial charge in [-0.15, -0.1) is 5.10 Å². The Labute approximate surface area is 166 Å². The van der Waals surface area contributed by atoms with E-state index in [1.165, 1.54) is 0 Å². The molecule has 2 heterocycles. The zero-order valence-electron chi connectivity index (χ0n) is 15.3. The van der Waals surface area contributed by atoms with Crippen molar-refractivity contribution in [2.24, 2.45) is 5.73 Å². The van der Waals surface area contributed by atoms with Crippen molar-refractivity contribution < 1.29 is 9.84 Å². The van der Waals surface area contributed by atoms with Crippen molar-refractivity contribution in [2.75, 3.05) is 0 Å². The fraction of sp³-hybridized carbons (Fsp3) is 0.0435. The summed E-state index contributed by atoms with van der Waals surface area (Å²) < 4.78 is 5.66. The molecule has 1 aromatic heterocycles. The quantitative estimate of drug-likeness (QED) is 0.484. The van der Waals surface area contributed by atoms with E-state index < -0.39 is 5.92 Å². The SMILES string of the molecule is N#CC1=C(N)Oc2n[nH]c(-c3cccc4ccccc34)c2[C@H]1c1cccc(O)c1. The van der Waals surface area contributed by atoms with Crippen molar-refractivity contribution in [1.29, 1.82) is 5.26 Å². The minimum absolute atomic E-state index is 0.0179. The van der Waals surface area contributed by atoms with Gasteiger partial charge in [0.15, 0.2) is 0 Å². The fourth-order valence-corrected chi connectivity index (χ4v) is 3.93. The summed E-state index contributed by atoms with van der Waals surface area (Å²) in [6, 6.07) is 23.1. The average Bonchev–Trinajstić information content (AvgIpc) is 3.15. The molecule has 140 valence electrons. The molecule has 4 aromatic rings. The normalized spacial score (nSPS) is 15.6. The van der Waals surface area contributed by atoms with Crippen LogP contribution in [0.5, 0.6) is 11.6 Å². The van der Waals surface area contributed by atoms with E-state index in [1.807, 2.05) is 48.5 Å². The van der Waals surface area contributed by atoms with Crippen molar-refractivity contribution in [3.05, 3.63) is 89.3 Å². The van der Waals surface area contributed by atoms with Gasteiger partial charge in [-0.25, -0.2) is 0 Å². The number of aromatic nitrogens is 2. The summed E-state index contributed by atoms with van der Waals surface area (Å²) in [5.74, 6) is -0.0488. The summed E-state index contributed by atoms with van der Waals surface area (Å²) in [4.78, 5) is 0. The number of phenolic OH excluding ortho intramolecular Hbond substituents is 1. The Kier molecular flexibility index (Phi) is 3.75. The maximum absolute atomic E-state index is 10.0. The molecule has 6 heteroatoms. The van der Waals surface area contributed by atoms with Crippen LogP contribution in [-0.2, 0) is 0 Å². The molecule has 5 rings (SSSR count). The molecule has 1 aliphatic heterocycles. The Morgan fingerprint density at radius 1 is 1.07 bits per heavy atom. The molecule has 6 nitrogen and oxygen atoms in total. The van der Waals surface area contributed by atoms with E-state index in [2.05, 4.69) is 16.3 Å². The minimum atomic E-state index is -0.511. The second kappa shape index (κ2) is 6.43. The van der Waals surface area contributed by atoms with E-state index in [9.17, 15) is 10.4 Å². The number of nitriles is 1. The maximum Gasteiger partial charge on any atom is 0.244 e. The fourth-order valence-electron chi connectivity index (χ4n) is 3.93. The summed E-state index contributed by atoms with van der Waals surface area (Å²) in [6.45, 7) is 0. The number of ether oxygens (including phenoxy) is 1. The number of fused-ring (bicyclic) bond motifs is 2. The molecule has 0 saturated heterocycles. The van der Waals surface area contributed by atoms with Crippen LogP contribution >= 0.6 is 0 Å². The lowest BCUT2D eigenvalue weighted by Gasteiger charge is -2.24. The lowest BCUT2D eigenvalue weighted by Crippen LogP contribution is -2.20. The van der Waals surface area contributed by atoms with Crippen molar-refractivity contribution in [1.82, 2.24) is 10.2 Å². The van der Waals surface area contributed by atoms with Crippen LogP contribution in [0.2, 0.25) is 0 Å². The molecule has 0 spiro atoms. The Balaban J connectivity index is 1.80. The number of hydrogen-bond acceptors (Lipinski definition) is 5. The van der Waals surface area contributed by atoms with Crippen LogP contribution in [0.15, 0.2) is 78.2 Å². The Morgan fingerprint density at radius 2 is 1.86 bits per heavy atom. The molecular weight excluding hydrogens is 364 g/mol. The Bertz CT molecular complexity index is 1320. The van der Waals surface area contributed by atoms with E-state index in [0.717, 1.165) is 33.2 Å². The second-order valence-corrected chi connectivity index (χ2v) is 6.86. The van der Waals surface area contributed by atoms with Crippen molar-refractivity contribution in [2.45, 2.75) is 5.92 Å². The highest BCUT2D eigenvalue weighted by Crippen LogP contribution is 2.46. The number of aromatic amines is 1. The molecule has 1 atom stereocenters. The van der Waals surface area contributed by atoms with Gasteiger partial charge in [-0.2, -0.15) is 5.26 Å². The van der Waals surface area contributed by atoms with Crippen molar-refractivity contribution in [3.63, 3.8) is 0 Å². The molecule has 0 amide bonds. The second-order valence-electron chi connectivity index (χ2n) is 6.86. The predicted octanol–water partition coefficient (Wildman–Crippen LogP) is 4.15. The van der Waals surface area contributed by atoms with Crippen LogP contribution in [0.3, 0.4) is 0 Å². The van der Waals surface area contributed by atoms with Crippen LogP contribution in [0, 0.1) is 11.3 Å². The predicted molar refractivity (Wildman–Crippen MR) is 109 cm³/mol. The zero-order chi connectivity index (χ0) is 20.0. The molecule has 3 aromatic carbocycles. The van der Waals surface area contributed by atoms with Crippen LogP contribution in [-0.4, -0.2) is 15.3 Å². The van der Waals surface area contributed by atoms with Gasteiger partial charge in [0, 0.05) is 5.56 Å². The first kappa shape index (κ1) is 16.9. The summed E-state index contributed by atoms with van der Waals surface area (Å²) in [6.07, 6.45) is 0. The number of H-pyrrole nitrogens is 1. The van der Waals surface area contributed by atoms with E-state index in [4.69, 9.17) is 10.5 Å². The molecule has 4 N–H and O–H groups in total. The molecule has 0 saturated carbocycles. The molecule has 0 unspecified atom stereocenters. The molecule has 1 aliphatic rings. The van der Waals surface area contributed by atoms with Crippen molar-refractivity contribution >= 4 is 10.8 Å². The number of benzene rings is 3. The van der Waals surface area contributed by atoms with Gasteiger partial charge in [0.05, 0.1) is 17.2 Å². The first-order chi connectivity index (χ1) is 14.2. The maximum atomic E-state index is 10.0. The molecule has 0 aliphatic carbocycles. The molecule has 29 heavy (non-hydrogen) atoms. The third-order valence-corrected chi connectivity index (χ3v) is 5.20. The van der Waals surface area contributed by atoms with Crippen molar-refractivity contribution in [3.8, 4) is 29.0 Å². The molecule has 0 bridgehead atoms. The van der Waals surface area contributed by atoms with Crippen LogP contribution in [0.4, 0.5) is 0 Å². The van der Waals surface area contributed by atoms with Crippen LogP contribution in [0.1, 0.15) is 17.0 Å². The van der Waals surface area contributed by atoms with E-state index >= 15 is 0 Å². The number of aromatic hydroxyl groups is 1. The number of phenols is 1. The van der Waals surface area contributed by atoms with E-state index in [0.29, 0.717) is 5.88 Å². The first-order valence-electron chi connectivity index (χ1n) is 9.10. The third kappa shape index (κ3) is 2.60. The zero-order valence-corrected chi connectivity index (χ0v) is 15.3. The standard InChI is InChI=1S/C23H16N4O2/c24-12-18-19(14-7-3-8-15(28)11-14)20-21(26-27-23(20)29-22(18)25)17-10-4-6-13-5-1-2-9-16(13)17/h1-11,19,28H,25H2,(H,26,27)/t19-/m0/s1.